The third kappa shape index (κ3) is 2.04. The van der Waals surface area contributed by atoms with Gasteiger partial charge in [0.25, 0.3) is 0 Å². The van der Waals surface area contributed by atoms with Crippen LogP contribution in [-0.4, -0.2) is 49.4 Å². The molecule has 0 radical (unpaired) electrons. The van der Waals surface area contributed by atoms with Crippen molar-refractivity contribution in [3.8, 4) is 0 Å². The van der Waals surface area contributed by atoms with E-state index in [-0.39, 0.29) is 12.4 Å². The number of esters is 1. The lowest BCUT2D eigenvalue weighted by Crippen LogP contribution is -2.38. The Bertz CT molecular complexity index is 327. The van der Waals surface area contributed by atoms with Crippen molar-refractivity contribution in [3.63, 3.8) is 0 Å². The Hall–Kier alpha value is -0.270. The monoisotopic (exact) mass is 239 g/mol. The lowest BCUT2D eigenvalue weighted by Gasteiger charge is -2.18. The average Bonchev–Trinajstić information content (AvgIpc) is 2.30. The van der Waals surface area contributed by atoms with Gasteiger partial charge in [0.15, 0.2) is 14.5 Å². The van der Waals surface area contributed by atoms with Crippen LogP contribution in [0.25, 0.3) is 0 Å². The van der Waals surface area contributed by atoms with Gasteiger partial charge in [0.2, 0.25) is 0 Å². The van der Waals surface area contributed by atoms with Crippen LogP contribution >= 0.6 is 12.6 Å². The van der Waals surface area contributed by atoms with Gasteiger partial charge in [-0.25, -0.2) is 8.42 Å². The summed E-state index contributed by atoms with van der Waals surface area (Å²) >= 11 is 3.92. The molecule has 0 bridgehead atoms. The SMILES string of the molecule is CCOC(=O)C1CS(=O)(=O)C(S)N1C. The highest BCUT2D eigenvalue weighted by Gasteiger charge is 2.45. The van der Waals surface area contributed by atoms with Crippen LogP contribution in [0.4, 0.5) is 0 Å². The molecule has 7 heteroatoms. The van der Waals surface area contributed by atoms with Gasteiger partial charge in [-0.15, -0.1) is 12.6 Å². The molecular weight excluding hydrogens is 226 g/mol. The summed E-state index contributed by atoms with van der Waals surface area (Å²) in [6.45, 7) is 1.93. The highest BCUT2D eigenvalue weighted by Crippen LogP contribution is 2.24. The summed E-state index contributed by atoms with van der Waals surface area (Å²) in [4.78, 5) is 12.7. The van der Waals surface area contributed by atoms with Crippen LogP contribution in [0.15, 0.2) is 0 Å². The summed E-state index contributed by atoms with van der Waals surface area (Å²) in [6, 6.07) is -0.720. The third-order valence-electron chi connectivity index (χ3n) is 2.11. The Morgan fingerprint density at radius 2 is 2.21 bits per heavy atom. The second kappa shape index (κ2) is 4.08. The fraction of sp³-hybridized carbons (Fsp3) is 0.857. The van der Waals surface area contributed by atoms with E-state index in [4.69, 9.17) is 4.74 Å². The van der Waals surface area contributed by atoms with Crippen molar-refractivity contribution < 1.29 is 17.9 Å². The molecule has 2 unspecified atom stereocenters. The number of thiol groups is 1. The minimum Gasteiger partial charge on any atom is -0.465 e. The number of carbonyl (C=O) groups is 1. The number of carbonyl (C=O) groups excluding carboxylic acids is 1. The Kier molecular flexibility index (Phi) is 3.44. The molecule has 0 aromatic rings. The van der Waals surface area contributed by atoms with Gasteiger partial charge in [0.05, 0.1) is 12.4 Å². The standard InChI is InChI=1S/C7H13NO4S2/c1-3-12-6(9)5-4-14(10,11)7(13)8(5)2/h5,7,13H,3-4H2,1-2H3. The van der Waals surface area contributed by atoms with Crippen LogP contribution in [0.2, 0.25) is 0 Å². The molecule has 1 heterocycles. The predicted molar refractivity (Wildman–Crippen MR) is 54.7 cm³/mol. The number of hydrogen-bond acceptors (Lipinski definition) is 6. The van der Waals surface area contributed by atoms with Crippen LogP contribution in [0.5, 0.6) is 0 Å². The van der Waals surface area contributed by atoms with Gasteiger partial charge in [-0.3, -0.25) is 9.69 Å². The zero-order valence-electron chi connectivity index (χ0n) is 8.00. The topological polar surface area (TPSA) is 63.7 Å². The summed E-state index contributed by atoms with van der Waals surface area (Å²) in [7, 11) is -1.75. The molecule has 1 fully saturated rings. The molecule has 1 aliphatic heterocycles. The zero-order chi connectivity index (χ0) is 10.9. The number of hydrogen-bond donors (Lipinski definition) is 1. The molecule has 1 rings (SSSR count). The maximum atomic E-state index is 11.4. The lowest BCUT2D eigenvalue weighted by atomic mass is 10.3. The quantitative estimate of drug-likeness (QED) is 0.519. The molecule has 0 saturated carbocycles. The van der Waals surface area contributed by atoms with Crippen molar-refractivity contribution in [3.05, 3.63) is 0 Å². The van der Waals surface area contributed by atoms with E-state index in [2.05, 4.69) is 12.6 Å². The van der Waals surface area contributed by atoms with E-state index in [1.54, 1.807) is 14.0 Å². The molecule has 1 aliphatic rings. The maximum absolute atomic E-state index is 11.4. The first-order valence-corrected chi connectivity index (χ1v) is 6.41. The number of likely N-dealkylation sites (N-methyl/N-ethyl adjacent to an activating group) is 1. The minimum atomic E-state index is -3.30. The van der Waals surface area contributed by atoms with Crippen molar-refractivity contribution in [1.29, 1.82) is 0 Å². The lowest BCUT2D eigenvalue weighted by molar-refractivity contribution is -0.147. The highest BCUT2D eigenvalue weighted by atomic mass is 32.2. The van der Waals surface area contributed by atoms with Gasteiger partial charge in [0.1, 0.15) is 6.04 Å². The van der Waals surface area contributed by atoms with Crippen molar-refractivity contribution in [2.75, 3.05) is 19.4 Å². The molecule has 0 spiro atoms. The molecular formula is C7H13NO4S2. The highest BCUT2D eigenvalue weighted by molar-refractivity contribution is 8.05. The second-order valence-electron chi connectivity index (χ2n) is 3.09. The van der Waals surface area contributed by atoms with Crippen molar-refractivity contribution in [1.82, 2.24) is 4.90 Å². The van der Waals surface area contributed by atoms with E-state index in [1.807, 2.05) is 0 Å². The van der Waals surface area contributed by atoms with E-state index in [0.717, 1.165) is 0 Å². The number of rotatable bonds is 2. The average molecular weight is 239 g/mol. The van der Waals surface area contributed by atoms with E-state index in [9.17, 15) is 13.2 Å². The fourth-order valence-electron chi connectivity index (χ4n) is 1.30. The zero-order valence-corrected chi connectivity index (χ0v) is 9.72. The van der Waals surface area contributed by atoms with E-state index in [1.165, 1.54) is 4.90 Å². The largest absolute Gasteiger partial charge is 0.465 e. The smallest absolute Gasteiger partial charge is 0.324 e. The van der Waals surface area contributed by atoms with E-state index < -0.39 is 26.6 Å². The van der Waals surface area contributed by atoms with Crippen LogP contribution in [0.3, 0.4) is 0 Å². The number of nitrogens with zero attached hydrogens (tertiary/aromatic N) is 1. The van der Waals surface area contributed by atoms with Crippen LogP contribution in [-0.2, 0) is 19.4 Å². The molecule has 0 amide bonds. The van der Waals surface area contributed by atoms with Crippen LogP contribution in [0, 0.1) is 0 Å². The molecule has 0 N–H and O–H groups in total. The number of sulfone groups is 1. The molecule has 1 saturated heterocycles. The van der Waals surface area contributed by atoms with E-state index in [0.29, 0.717) is 0 Å². The summed E-state index contributed by atoms with van der Waals surface area (Å²) in [6.07, 6.45) is 0. The fourth-order valence-corrected chi connectivity index (χ4v) is 3.36. The Balaban J connectivity index is 2.81. The van der Waals surface area contributed by atoms with Gasteiger partial charge in [-0.2, -0.15) is 0 Å². The van der Waals surface area contributed by atoms with Gasteiger partial charge < -0.3 is 4.74 Å². The summed E-state index contributed by atoms with van der Waals surface area (Å²) < 4.78 is 26.6. The molecule has 2 atom stereocenters. The van der Waals surface area contributed by atoms with Gasteiger partial charge in [-0.05, 0) is 14.0 Å². The molecule has 14 heavy (non-hydrogen) atoms. The molecule has 82 valence electrons. The van der Waals surface area contributed by atoms with Crippen molar-refractivity contribution in [2.45, 2.75) is 17.7 Å². The van der Waals surface area contributed by atoms with Crippen LogP contribution < -0.4 is 0 Å². The summed E-state index contributed by atoms with van der Waals surface area (Å²) in [5, 5.41) is 0. The molecule has 0 aliphatic carbocycles. The Morgan fingerprint density at radius 3 is 2.57 bits per heavy atom. The first-order chi connectivity index (χ1) is 6.40. The van der Waals surface area contributed by atoms with Gasteiger partial charge in [-0.1, -0.05) is 0 Å². The van der Waals surface area contributed by atoms with Crippen molar-refractivity contribution >= 4 is 28.4 Å². The summed E-state index contributed by atoms with van der Waals surface area (Å²) in [5.74, 6) is -0.716. The molecule has 0 aromatic carbocycles. The normalized spacial score (nSPS) is 31.6. The predicted octanol–water partition coefficient (Wildman–Crippen LogP) is -0.508. The van der Waals surface area contributed by atoms with Gasteiger partial charge >= 0.3 is 5.97 Å². The van der Waals surface area contributed by atoms with Crippen molar-refractivity contribution in [2.24, 2.45) is 0 Å². The second-order valence-corrected chi connectivity index (χ2v) is 6.03. The Labute approximate surface area is 88.7 Å². The van der Waals surface area contributed by atoms with Crippen LogP contribution in [0.1, 0.15) is 6.92 Å². The maximum Gasteiger partial charge on any atom is 0.324 e. The summed E-state index contributed by atoms with van der Waals surface area (Å²) in [5.41, 5.74) is 0. The Morgan fingerprint density at radius 1 is 1.64 bits per heavy atom. The first-order valence-electron chi connectivity index (χ1n) is 4.18. The number of ether oxygens (including phenoxy) is 1. The third-order valence-corrected chi connectivity index (χ3v) is 5.19. The van der Waals surface area contributed by atoms with Gasteiger partial charge in [0, 0.05) is 0 Å². The first kappa shape index (κ1) is 11.8. The van der Waals surface area contributed by atoms with E-state index >= 15 is 0 Å². The molecule has 0 aromatic heterocycles. The minimum absolute atomic E-state index is 0.212. The molecule has 5 nitrogen and oxygen atoms in total.